The van der Waals surface area contributed by atoms with Crippen molar-refractivity contribution in [1.82, 2.24) is 0 Å². The second-order valence-corrected chi connectivity index (χ2v) is 6.53. The lowest BCUT2D eigenvalue weighted by molar-refractivity contribution is -0.170. The first kappa shape index (κ1) is 19.9. The molecule has 0 saturated heterocycles. The molecule has 142 valence electrons. The van der Waals surface area contributed by atoms with Crippen molar-refractivity contribution in [2.24, 2.45) is 11.8 Å². The smallest absolute Gasteiger partial charge is 0.316 e. The predicted octanol–water partition coefficient (Wildman–Crippen LogP) is 1.47. The van der Waals surface area contributed by atoms with Crippen molar-refractivity contribution < 1.29 is 33.7 Å². The van der Waals surface area contributed by atoms with Gasteiger partial charge in [0.2, 0.25) is 0 Å². The number of carbonyl (C=O) groups excluding carboxylic acids is 3. The molecule has 0 unspecified atom stereocenters. The fourth-order valence-corrected chi connectivity index (χ4v) is 3.62. The number of ketones is 1. The minimum Gasteiger partial charge on any atom is -0.494 e. The number of carbonyl (C=O) groups is 3. The quantitative estimate of drug-likeness (QED) is 0.624. The van der Waals surface area contributed by atoms with Crippen LogP contribution in [0.3, 0.4) is 0 Å². The number of esters is 2. The number of benzene rings is 1. The molecular formula is C19H24O7. The molecule has 0 radical (unpaired) electrons. The summed E-state index contributed by atoms with van der Waals surface area (Å²) in [5, 5.41) is 10.8. The second kappa shape index (κ2) is 7.86. The van der Waals surface area contributed by atoms with Crippen molar-refractivity contribution in [2.45, 2.75) is 31.8 Å². The SMILES string of the molecule is CCOc1ccc([C@@H]2[C@H](C(=O)OC)C(=O)C[C@@](C)(O)[C@@H]2C(=O)OC)cc1. The Morgan fingerprint density at radius 2 is 1.73 bits per heavy atom. The monoisotopic (exact) mass is 364 g/mol. The number of rotatable bonds is 5. The summed E-state index contributed by atoms with van der Waals surface area (Å²) < 4.78 is 15.0. The van der Waals surface area contributed by atoms with Crippen LogP contribution in [0, 0.1) is 11.8 Å². The van der Waals surface area contributed by atoms with Gasteiger partial charge in [-0.2, -0.15) is 0 Å². The zero-order valence-electron chi connectivity index (χ0n) is 15.4. The zero-order valence-corrected chi connectivity index (χ0v) is 15.4. The molecule has 0 amide bonds. The second-order valence-electron chi connectivity index (χ2n) is 6.53. The number of hydrogen-bond donors (Lipinski definition) is 1. The number of Topliss-reactive ketones (excluding diaryl/α,β-unsaturated/α-hetero) is 1. The van der Waals surface area contributed by atoms with Gasteiger partial charge in [0.15, 0.2) is 5.78 Å². The fourth-order valence-electron chi connectivity index (χ4n) is 3.62. The van der Waals surface area contributed by atoms with Crippen molar-refractivity contribution in [2.75, 3.05) is 20.8 Å². The molecule has 0 aliphatic heterocycles. The first-order valence-corrected chi connectivity index (χ1v) is 8.40. The molecule has 1 aromatic rings. The number of ether oxygens (including phenoxy) is 3. The standard InChI is InChI=1S/C19H24O7/c1-5-26-12-8-6-11(7-9-12)14-15(17(21)24-3)13(20)10-19(2,23)16(14)18(22)25-4/h6-9,14-16,23H,5,10H2,1-4H3/t14-,15-,16+,19-/m1/s1. The lowest BCUT2D eigenvalue weighted by atomic mass is 9.62. The minimum atomic E-state index is -1.64. The third-order valence-electron chi connectivity index (χ3n) is 4.75. The highest BCUT2D eigenvalue weighted by molar-refractivity contribution is 6.02. The number of methoxy groups -OCH3 is 2. The van der Waals surface area contributed by atoms with E-state index in [2.05, 4.69) is 0 Å². The average Bonchev–Trinajstić information content (AvgIpc) is 2.60. The van der Waals surface area contributed by atoms with Crippen molar-refractivity contribution >= 4 is 17.7 Å². The Balaban J connectivity index is 2.57. The summed E-state index contributed by atoms with van der Waals surface area (Å²) in [4.78, 5) is 37.3. The van der Waals surface area contributed by atoms with Gasteiger partial charge in [0.25, 0.3) is 0 Å². The first-order chi connectivity index (χ1) is 12.3. The van der Waals surface area contributed by atoms with E-state index < -0.39 is 41.1 Å². The Kier molecular flexibility index (Phi) is 6.02. The molecule has 2 rings (SSSR count). The van der Waals surface area contributed by atoms with Crippen LogP contribution in [0.5, 0.6) is 5.75 Å². The fraction of sp³-hybridized carbons (Fsp3) is 0.526. The van der Waals surface area contributed by atoms with Crippen LogP contribution in [0.4, 0.5) is 0 Å². The molecule has 1 N–H and O–H groups in total. The van der Waals surface area contributed by atoms with Crippen LogP contribution in [0.1, 0.15) is 31.7 Å². The molecular weight excluding hydrogens is 340 g/mol. The van der Waals surface area contributed by atoms with E-state index in [-0.39, 0.29) is 6.42 Å². The van der Waals surface area contributed by atoms with E-state index in [4.69, 9.17) is 14.2 Å². The number of aliphatic hydroxyl groups is 1. The van der Waals surface area contributed by atoms with Crippen molar-refractivity contribution in [3.63, 3.8) is 0 Å². The lowest BCUT2D eigenvalue weighted by Gasteiger charge is -2.43. The Hall–Kier alpha value is -2.41. The molecule has 0 spiro atoms. The summed E-state index contributed by atoms with van der Waals surface area (Å²) >= 11 is 0. The van der Waals surface area contributed by atoms with E-state index in [0.717, 1.165) is 0 Å². The maximum Gasteiger partial charge on any atom is 0.316 e. The van der Waals surface area contributed by atoms with Crippen molar-refractivity contribution in [3.8, 4) is 5.75 Å². The van der Waals surface area contributed by atoms with E-state index in [1.807, 2.05) is 6.92 Å². The molecule has 1 aliphatic carbocycles. The molecule has 4 atom stereocenters. The maximum absolute atomic E-state index is 12.6. The summed E-state index contributed by atoms with van der Waals surface area (Å²) in [5.41, 5.74) is -1.09. The van der Waals surface area contributed by atoms with E-state index >= 15 is 0 Å². The van der Waals surface area contributed by atoms with Gasteiger partial charge in [-0.05, 0) is 31.5 Å². The Morgan fingerprint density at radius 1 is 1.15 bits per heavy atom. The van der Waals surface area contributed by atoms with Gasteiger partial charge in [0.1, 0.15) is 11.7 Å². The van der Waals surface area contributed by atoms with E-state index in [9.17, 15) is 19.5 Å². The summed E-state index contributed by atoms with van der Waals surface area (Å²) in [5.74, 6) is -4.46. The average molecular weight is 364 g/mol. The van der Waals surface area contributed by atoms with Gasteiger partial charge < -0.3 is 19.3 Å². The molecule has 1 saturated carbocycles. The predicted molar refractivity (Wildman–Crippen MR) is 91.6 cm³/mol. The van der Waals surface area contributed by atoms with Gasteiger partial charge in [-0.15, -0.1) is 0 Å². The molecule has 1 aromatic carbocycles. The summed E-state index contributed by atoms with van der Waals surface area (Å²) in [7, 11) is 2.39. The van der Waals surface area contributed by atoms with Crippen molar-refractivity contribution in [1.29, 1.82) is 0 Å². The minimum absolute atomic E-state index is 0.333. The topological polar surface area (TPSA) is 99.1 Å². The highest BCUT2D eigenvalue weighted by atomic mass is 16.5. The molecule has 1 fully saturated rings. The van der Waals surface area contributed by atoms with Crippen molar-refractivity contribution in [3.05, 3.63) is 29.8 Å². The molecule has 0 heterocycles. The van der Waals surface area contributed by atoms with Crippen LogP contribution >= 0.6 is 0 Å². The Morgan fingerprint density at radius 3 is 2.23 bits per heavy atom. The van der Waals surface area contributed by atoms with Gasteiger partial charge in [-0.3, -0.25) is 14.4 Å². The van der Waals surface area contributed by atoms with Gasteiger partial charge in [-0.25, -0.2) is 0 Å². The van der Waals surface area contributed by atoms with Gasteiger partial charge >= 0.3 is 11.9 Å². The molecule has 7 nitrogen and oxygen atoms in total. The Labute approximate surface area is 152 Å². The third-order valence-corrected chi connectivity index (χ3v) is 4.75. The molecule has 1 aliphatic rings. The van der Waals surface area contributed by atoms with Gasteiger partial charge in [-0.1, -0.05) is 12.1 Å². The van der Waals surface area contributed by atoms with E-state index in [1.165, 1.54) is 21.1 Å². The van der Waals surface area contributed by atoms with E-state index in [0.29, 0.717) is 17.9 Å². The normalized spacial score (nSPS) is 28.3. The highest BCUT2D eigenvalue weighted by Gasteiger charge is 2.56. The molecule has 26 heavy (non-hydrogen) atoms. The maximum atomic E-state index is 12.6. The third kappa shape index (κ3) is 3.72. The zero-order chi connectivity index (χ0) is 19.5. The highest BCUT2D eigenvalue weighted by Crippen LogP contribution is 2.46. The van der Waals surface area contributed by atoms with Crippen LogP contribution < -0.4 is 4.74 Å². The van der Waals surface area contributed by atoms with Crippen LogP contribution in [0.25, 0.3) is 0 Å². The molecule has 0 bridgehead atoms. The van der Waals surface area contributed by atoms with E-state index in [1.54, 1.807) is 24.3 Å². The number of hydrogen-bond acceptors (Lipinski definition) is 7. The van der Waals surface area contributed by atoms with Crippen LogP contribution in [-0.2, 0) is 23.9 Å². The summed E-state index contributed by atoms with van der Waals surface area (Å²) in [6.45, 7) is 3.75. The van der Waals surface area contributed by atoms with Crippen LogP contribution in [0.2, 0.25) is 0 Å². The van der Waals surface area contributed by atoms with Crippen LogP contribution in [-0.4, -0.2) is 49.3 Å². The lowest BCUT2D eigenvalue weighted by Crippen LogP contribution is -2.55. The largest absolute Gasteiger partial charge is 0.494 e. The van der Waals surface area contributed by atoms with Crippen LogP contribution in [0.15, 0.2) is 24.3 Å². The summed E-state index contributed by atoms with van der Waals surface area (Å²) in [6.07, 6.45) is -0.333. The van der Waals surface area contributed by atoms with Gasteiger partial charge in [0.05, 0.1) is 32.3 Å². The molecule has 0 aromatic heterocycles. The van der Waals surface area contributed by atoms with Gasteiger partial charge in [0, 0.05) is 12.3 Å². The Bertz CT molecular complexity index is 678. The molecule has 7 heteroatoms. The first-order valence-electron chi connectivity index (χ1n) is 8.40. The summed E-state index contributed by atoms with van der Waals surface area (Å²) in [6, 6.07) is 6.73.